The average Bonchev–Trinajstić information content (AvgIpc) is 2.75. The number of fused-ring (bicyclic) bond motifs is 1. The van der Waals surface area contributed by atoms with Gasteiger partial charge in [0, 0.05) is 13.1 Å². The molecular weight excluding hydrogens is 216 g/mol. The van der Waals surface area contributed by atoms with Gasteiger partial charge in [-0.1, -0.05) is 13.3 Å². The highest BCUT2D eigenvalue weighted by molar-refractivity contribution is 5.84. The Morgan fingerprint density at radius 3 is 2.94 bits per heavy atom. The minimum atomic E-state index is 0.259. The number of hydrogen-bond donors (Lipinski definition) is 2. The third-order valence-corrected chi connectivity index (χ3v) is 2.99. The van der Waals surface area contributed by atoms with Crippen LogP contribution in [0.15, 0.2) is 6.33 Å². The molecule has 0 amide bonds. The van der Waals surface area contributed by atoms with Crippen molar-refractivity contribution in [3.8, 4) is 0 Å². The summed E-state index contributed by atoms with van der Waals surface area (Å²) >= 11 is 0. The van der Waals surface area contributed by atoms with E-state index in [0.29, 0.717) is 11.7 Å². The molecule has 2 aromatic rings. The maximum absolute atomic E-state index is 5.69. The summed E-state index contributed by atoms with van der Waals surface area (Å²) in [4.78, 5) is 17.7. The first-order valence-corrected chi connectivity index (χ1v) is 5.83. The number of nitrogens with one attached hydrogen (secondary N) is 1. The van der Waals surface area contributed by atoms with Crippen molar-refractivity contribution in [2.75, 3.05) is 17.7 Å². The van der Waals surface area contributed by atoms with Crippen LogP contribution in [0.1, 0.15) is 26.7 Å². The molecule has 0 spiro atoms. The summed E-state index contributed by atoms with van der Waals surface area (Å²) in [5, 5.41) is 0. The van der Waals surface area contributed by atoms with E-state index in [1.807, 2.05) is 7.05 Å². The quantitative estimate of drug-likeness (QED) is 0.838. The largest absolute Gasteiger partial charge is 0.368 e. The second kappa shape index (κ2) is 4.57. The van der Waals surface area contributed by atoms with Crippen LogP contribution >= 0.6 is 0 Å². The lowest BCUT2D eigenvalue weighted by atomic mass is 10.2. The van der Waals surface area contributed by atoms with Crippen LogP contribution in [0.25, 0.3) is 11.2 Å². The summed E-state index contributed by atoms with van der Waals surface area (Å²) in [7, 11) is 2.02. The van der Waals surface area contributed by atoms with Crippen LogP contribution in [0.4, 0.5) is 11.8 Å². The number of hydrogen-bond acceptors (Lipinski definition) is 5. The molecule has 2 heterocycles. The Bertz CT molecular complexity index is 506. The van der Waals surface area contributed by atoms with Crippen LogP contribution in [0.3, 0.4) is 0 Å². The third kappa shape index (κ3) is 2.15. The van der Waals surface area contributed by atoms with E-state index >= 15 is 0 Å². The average molecular weight is 234 g/mol. The van der Waals surface area contributed by atoms with Gasteiger partial charge in [0.1, 0.15) is 5.52 Å². The van der Waals surface area contributed by atoms with Crippen molar-refractivity contribution in [1.29, 1.82) is 0 Å². The molecule has 0 bridgehead atoms. The Hall–Kier alpha value is -1.85. The predicted molar refractivity (Wildman–Crippen MR) is 68.9 cm³/mol. The Morgan fingerprint density at radius 2 is 2.24 bits per heavy atom. The maximum Gasteiger partial charge on any atom is 0.224 e. The molecule has 6 nitrogen and oxygen atoms in total. The molecule has 0 fully saturated rings. The first-order valence-electron chi connectivity index (χ1n) is 5.83. The van der Waals surface area contributed by atoms with Gasteiger partial charge < -0.3 is 15.6 Å². The Kier molecular flexibility index (Phi) is 3.12. The molecule has 0 aliphatic heterocycles. The third-order valence-electron chi connectivity index (χ3n) is 2.99. The molecule has 2 aromatic heterocycles. The zero-order valence-corrected chi connectivity index (χ0v) is 10.4. The Labute approximate surface area is 100 Å². The molecule has 1 atom stereocenters. The van der Waals surface area contributed by atoms with Gasteiger partial charge in [-0.15, -0.1) is 0 Å². The molecule has 0 aromatic carbocycles. The Balaban J connectivity index is 2.43. The van der Waals surface area contributed by atoms with Crippen molar-refractivity contribution < 1.29 is 0 Å². The highest BCUT2D eigenvalue weighted by Crippen LogP contribution is 2.23. The van der Waals surface area contributed by atoms with Gasteiger partial charge in [0.15, 0.2) is 11.5 Å². The summed E-state index contributed by atoms with van der Waals surface area (Å²) in [6, 6.07) is 0.404. The summed E-state index contributed by atoms with van der Waals surface area (Å²) in [5.74, 6) is 1.07. The number of nitrogens with zero attached hydrogens (tertiary/aromatic N) is 4. The van der Waals surface area contributed by atoms with Crippen LogP contribution in [0.2, 0.25) is 0 Å². The number of nitrogen functional groups attached to an aromatic ring is 1. The minimum Gasteiger partial charge on any atom is -0.368 e. The Morgan fingerprint density at radius 1 is 1.47 bits per heavy atom. The standard InChI is InChI=1S/C11H18N6/c1-4-5-7(2)17(3)10-8-9(14-6-13-8)15-11(12)16-10/h6-7H,4-5H2,1-3H3,(H3,12,13,14,15,16). The van der Waals surface area contributed by atoms with Gasteiger partial charge in [-0.2, -0.15) is 9.97 Å². The lowest BCUT2D eigenvalue weighted by Gasteiger charge is -2.25. The molecule has 6 heteroatoms. The zero-order valence-electron chi connectivity index (χ0n) is 10.4. The smallest absolute Gasteiger partial charge is 0.224 e. The zero-order chi connectivity index (χ0) is 12.4. The van der Waals surface area contributed by atoms with E-state index in [0.717, 1.165) is 24.2 Å². The summed E-state index contributed by atoms with van der Waals surface area (Å²) < 4.78 is 0. The van der Waals surface area contributed by atoms with E-state index in [4.69, 9.17) is 5.73 Å². The predicted octanol–water partition coefficient (Wildman–Crippen LogP) is 1.56. The lowest BCUT2D eigenvalue weighted by molar-refractivity contribution is 0.612. The van der Waals surface area contributed by atoms with Crippen molar-refractivity contribution in [1.82, 2.24) is 19.9 Å². The van der Waals surface area contributed by atoms with Gasteiger partial charge in [0.25, 0.3) is 0 Å². The van der Waals surface area contributed by atoms with Crippen LogP contribution in [-0.4, -0.2) is 33.0 Å². The van der Waals surface area contributed by atoms with E-state index in [2.05, 4.69) is 38.7 Å². The fourth-order valence-electron chi connectivity index (χ4n) is 1.91. The highest BCUT2D eigenvalue weighted by Gasteiger charge is 2.16. The van der Waals surface area contributed by atoms with E-state index in [1.54, 1.807) is 6.33 Å². The highest BCUT2D eigenvalue weighted by atomic mass is 15.2. The number of aromatic nitrogens is 4. The van der Waals surface area contributed by atoms with Crippen molar-refractivity contribution in [2.24, 2.45) is 0 Å². The van der Waals surface area contributed by atoms with Crippen molar-refractivity contribution in [2.45, 2.75) is 32.7 Å². The fourth-order valence-corrected chi connectivity index (χ4v) is 1.91. The maximum atomic E-state index is 5.69. The van der Waals surface area contributed by atoms with Gasteiger partial charge >= 0.3 is 0 Å². The van der Waals surface area contributed by atoms with E-state index < -0.39 is 0 Å². The molecule has 17 heavy (non-hydrogen) atoms. The van der Waals surface area contributed by atoms with Gasteiger partial charge in [0.2, 0.25) is 5.95 Å². The van der Waals surface area contributed by atoms with Crippen LogP contribution < -0.4 is 10.6 Å². The number of rotatable bonds is 4. The summed E-state index contributed by atoms with van der Waals surface area (Å²) in [5.41, 5.74) is 7.14. The van der Waals surface area contributed by atoms with Crippen LogP contribution in [-0.2, 0) is 0 Å². The summed E-state index contributed by atoms with van der Waals surface area (Å²) in [6.07, 6.45) is 3.86. The van der Waals surface area contributed by atoms with Crippen molar-refractivity contribution >= 4 is 22.9 Å². The second-order valence-electron chi connectivity index (χ2n) is 4.26. The van der Waals surface area contributed by atoms with E-state index in [-0.39, 0.29) is 5.95 Å². The molecule has 1 unspecified atom stereocenters. The van der Waals surface area contributed by atoms with Gasteiger partial charge in [-0.25, -0.2) is 4.98 Å². The summed E-state index contributed by atoms with van der Waals surface area (Å²) in [6.45, 7) is 4.34. The molecule has 0 saturated heterocycles. The molecule has 0 saturated carbocycles. The normalized spacial score (nSPS) is 12.9. The lowest BCUT2D eigenvalue weighted by Crippen LogP contribution is -2.29. The first kappa shape index (κ1) is 11.6. The van der Waals surface area contributed by atoms with Crippen LogP contribution in [0.5, 0.6) is 0 Å². The second-order valence-corrected chi connectivity index (χ2v) is 4.26. The van der Waals surface area contributed by atoms with Gasteiger partial charge in [-0.3, -0.25) is 0 Å². The topological polar surface area (TPSA) is 83.7 Å². The molecule has 3 N–H and O–H groups in total. The molecule has 92 valence electrons. The van der Waals surface area contributed by atoms with Gasteiger partial charge in [0.05, 0.1) is 6.33 Å². The fraction of sp³-hybridized carbons (Fsp3) is 0.545. The van der Waals surface area contributed by atoms with Crippen LogP contribution in [0, 0.1) is 0 Å². The number of imidazole rings is 1. The monoisotopic (exact) mass is 234 g/mol. The molecule has 0 aliphatic carbocycles. The SMILES string of the molecule is CCCC(C)N(C)c1nc(N)nc2nc[nH]c12. The molecular formula is C11H18N6. The van der Waals surface area contributed by atoms with E-state index in [9.17, 15) is 0 Å². The molecule has 0 aliphatic rings. The molecule has 0 radical (unpaired) electrons. The molecule has 2 rings (SSSR count). The number of aromatic amines is 1. The van der Waals surface area contributed by atoms with Crippen molar-refractivity contribution in [3.05, 3.63) is 6.33 Å². The minimum absolute atomic E-state index is 0.259. The van der Waals surface area contributed by atoms with E-state index in [1.165, 1.54) is 0 Å². The first-order chi connectivity index (χ1) is 8.13. The van der Waals surface area contributed by atoms with Gasteiger partial charge in [-0.05, 0) is 13.3 Å². The number of H-pyrrole nitrogens is 1. The van der Waals surface area contributed by atoms with Crippen molar-refractivity contribution in [3.63, 3.8) is 0 Å². The number of nitrogens with two attached hydrogens (primary N) is 1. The number of anilines is 2.